The van der Waals surface area contributed by atoms with Crippen molar-refractivity contribution in [3.05, 3.63) is 36.9 Å². The second-order valence-electron chi connectivity index (χ2n) is 4.25. The van der Waals surface area contributed by atoms with Gasteiger partial charge in [-0.3, -0.25) is 4.79 Å². The lowest BCUT2D eigenvalue weighted by atomic mass is 10.3. The molecule has 0 spiro atoms. The lowest BCUT2D eigenvalue weighted by molar-refractivity contribution is -0.113. The van der Waals surface area contributed by atoms with Gasteiger partial charge in [-0.1, -0.05) is 41.3 Å². The highest BCUT2D eigenvalue weighted by Crippen LogP contribution is 2.27. The summed E-state index contributed by atoms with van der Waals surface area (Å²) < 4.78 is 29.6. The number of benzene rings is 1. The number of thioether (sulfide) groups is 1. The van der Waals surface area contributed by atoms with Crippen LogP contribution in [-0.2, 0) is 4.79 Å². The lowest BCUT2D eigenvalue weighted by Crippen LogP contribution is -2.15. The van der Waals surface area contributed by atoms with Crippen LogP contribution in [0.2, 0.25) is 0 Å². The first-order valence-electron chi connectivity index (χ1n) is 6.73. The first-order valence-corrected chi connectivity index (χ1v) is 8.53. The number of aromatic nitrogens is 2. The Morgan fingerprint density at radius 2 is 2.21 bits per heavy atom. The summed E-state index contributed by atoms with van der Waals surface area (Å²) in [6.45, 7) is 1.20. The number of amides is 1. The minimum atomic E-state index is -2.96. The summed E-state index contributed by atoms with van der Waals surface area (Å²) in [5.41, 5.74) is 0.189. The molecule has 0 saturated heterocycles. The van der Waals surface area contributed by atoms with Gasteiger partial charge in [0.2, 0.25) is 11.0 Å². The Morgan fingerprint density at radius 3 is 2.96 bits per heavy atom. The molecular weight excluding hydrogens is 358 g/mol. The summed E-state index contributed by atoms with van der Waals surface area (Å²) >= 11 is 2.51. The molecule has 128 valence electrons. The van der Waals surface area contributed by atoms with Crippen molar-refractivity contribution in [1.82, 2.24) is 10.2 Å². The fourth-order valence-electron chi connectivity index (χ4n) is 1.58. The number of nitrogens with one attached hydrogen (secondary N) is 2. The number of halogens is 2. The number of hydrogen-bond acceptors (Lipinski definition) is 7. The number of rotatable bonds is 9. The Bertz CT molecular complexity index is 697. The summed E-state index contributed by atoms with van der Waals surface area (Å²) in [4.78, 5) is 12.0. The maximum atomic E-state index is 12.3. The Labute approximate surface area is 145 Å². The van der Waals surface area contributed by atoms with Gasteiger partial charge in [0, 0.05) is 6.54 Å². The molecule has 1 amide bonds. The molecule has 2 rings (SSSR count). The summed E-state index contributed by atoms with van der Waals surface area (Å²) in [6, 6.07) is 6.00. The van der Waals surface area contributed by atoms with Gasteiger partial charge in [-0.05, 0) is 12.1 Å². The molecule has 0 bridgehead atoms. The van der Waals surface area contributed by atoms with Crippen LogP contribution in [0.15, 0.2) is 41.3 Å². The average molecular weight is 372 g/mol. The molecule has 10 heteroatoms. The molecule has 1 aromatic carbocycles. The number of alkyl halides is 2. The maximum Gasteiger partial charge on any atom is 0.387 e. The largest absolute Gasteiger partial charge is 0.433 e. The minimum Gasteiger partial charge on any atom is -0.433 e. The molecule has 0 atom stereocenters. The molecule has 0 saturated carbocycles. The van der Waals surface area contributed by atoms with E-state index >= 15 is 0 Å². The highest BCUT2D eigenvalue weighted by molar-refractivity contribution is 8.01. The number of para-hydroxylation sites is 2. The Morgan fingerprint density at radius 1 is 1.42 bits per heavy atom. The number of ether oxygens (including phenoxy) is 1. The molecule has 1 heterocycles. The number of carbonyl (C=O) groups excluding carboxylic acids is 1. The molecule has 0 aliphatic rings. The molecule has 1 aromatic heterocycles. The predicted molar refractivity (Wildman–Crippen MR) is 91.0 cm³/mol. The molecule has 0 radical (unpaired) electrons. The van der Waals surface area contributed by atoms with Crippen LogP contribution in [0.3, 0.4) is 0 Å². The van der Waals surface area contributed by atoms with Crippen LogP contribution in [0.1, 0.15) is 0 Å². The van der Waals surface area contributed by atoms with Crippen LogP contribution in [0.25, 0.3) is 0 Å². The van der Waals surface area contributed by atoms with Crippen LogP contribution in [0.4, 0.5) is 19.6 Å². The van der Waals surface area contributed by atoms with Crippen molar-refractivity contribution < 1.29 is 18.3 Å². The van der Waals surface area contributed by atoms with Crippen molar-refractivity contribution in [2.24, 2.45) is 0 Å². The summed E-state index contributed by atoms with van der Waals surface area (Å²) in [5, 5.41) is 14.0. The topological polar surface area (TPSA) is 76.1 Å². The van der Waals surface area contributed by atoms with Gasteiger partial charge >= 0.3 is 6.61 Å². The highest BCUT2D eigenvalue weighted by Gasteiger charge is 2.13. The molecule has 6 nitrogen and oxygen atoms in total. The van der Waals surface area contributed by atoms with Crippen LogP contribution in [0, 0.1) is 0 Å². The van der Waals surface area contributed by atoms with E-state index in [-0.39, 0.29) is 23.1 Å². The third-order valence-corrected chi connectivity index (χ3v) is 4.52. The summed E-state index contributed by atoms with van der Waals surface area (Å²) in [6.07, 6.45) is 1.70. The lowest BCUT2D eigenvalue weighted by Gasteiger charge is -2.11. The first-order chi connectivity index (χ1) is 11.6. The van der Waals surface area contributed by atoms with Gasteiger partial charge in [-0.25, -0.2) is 0 Å². The second kappa shape index (κ2) is 9.18. The van der Waals surface area contributed by atoms with E-state index < -0.39 is 6.61 Å². The van der Waals surface area contributed by atoms with Crippen LogP contribution >= 0.6 is 23.1 Å². The van der Waals surface area contributed by atoms with E-state index in [1.807, 2.05) is 0 Å². The van der Waals surface area contributed by atoms with Crippen molar-refractivity contribution in [2.75, 3.05) is 22.9 Å². The molecule has 2 aromatic rings. The van der Waals surface area contributed by atoms with E-state index in [0.29, 0.717) is 16.0 Å². The van der Waals surface area contributed by atoms with E-state index in [9.17, 15) is 13.6 Å². The molecule has 0 aliphatic carbocycles. The van der Waals surface area contributed by atoms with Crippen molar-refractivity contribution in [3.8, 4) is 5.75 Å². The Hall–Kier alpha value is -2.20. The number of carbonyl (C=O) groups is 1. The van der Waals surface area contributed by atoms with Crippen molar-refractivity contribution in [3.63, 3.8) is 0 Å². The minimum absolute atomic E-state index is 0.0686. The monoisotopic (exact) mass is 372 g/mol. The Kier molecular flexibility index (Phi) is 6.94. The van der Waals surface area contributed by atoms with Crippen LogP contribution < -0.4 is 15.4 Å². The van der Waals surface area contributed by atoms with Gasteiger partial charge in [0.15, 0.2) is 4.34 Å². The molecule has 2 N–H and O–H groups in total. The zero-order chi connectivity index (χ0) is 17.4. The Balaban J connectivity index is 1.87. The predicted octanol–water partition coefficient (Wildman–Crippen LogP) is 3.47. The fraction of sp³-hybridized carbons (Fsp3) is 0.214. The van der Waals surface area contributed by atoms with Crippen LogP contribution in [-0.4, -0.2) is 35.0 Å². The van der Waals surface area contributed by atoms with E-state index in [1.54, 1.807) is 18.2 Å². The van der Waals surface area contributed by atoms with E-state index in [2.05, 4.69) is 32.1 Å². The van der Waals surface area contributed by atoms with Gasteiger partial charge < -0.3 is 15.4 Å². The second-order valence-corrected chi connectivity index (χ2v) is 6.45. The van der Waals surface area contributed by atoms with Gasteiger partial charge in [-0.15, -0.1) is 16.8 Å². The zero-order valence-corrected chi connectivity index (χ0v) is 14.0. The SMILES string of the molecule is C=CCNc1nnc(SCC(=O)Nc2ccccc2OC(F)F)s1. The molecule has 0 unspecified atom stereocenters. The molecule has 24 heavy (non-hydrogen) atoms. The molecular formula is C14H14F2N4O2S2. The summed E-state index contributed by atoms with van der Waals surface area (Å²) in [7, 11) is 0. The van der Waals surface area contributed by atoms with Crippen molar-refractivity contribution >= 4 is 39.8 Å². The fourth-order valence-corrected chi connectivity index (χ4v) is 3.14. The van der Waals surface area contributed by atoms with Crippen molar-refractivity contribution in [2.45, 2.75) is 11.0 Å². The zero-order valence-electron chi connectivity index (χ0n) is 12.4. The number of nitrogens with zero attached hydrogens (tertiary/aromatic N) is 2. The average Bonchev–Trinajstić information content (AvgIpc) is 3.00. The molecule has 0 fully saturated rings. The van der Waals surface area contributed by atoms with Gasteiger partial charge in [0.05, 0.1) is 11.4 Å². The highest BCUT2D eigenvalue weighted by atomic mass is 32.2. The van der Waals surface area contributed by atoms with Gasteiger partial charge in [-0.2, -0.15) is 8.78 Å². The van der Waals surface area contributed by atoms with E-state index in [1.165, 1.54) is 35.2 Å². The first kappa shape index (κ1) is 18.1. The van der Waals surface area contributed by atoms with Gasteiger partial charge in [0.25, 0.3) is 0 Å². The third kappa shape index (κ3) is 5.78. The number of anilines is 2. The van der Waals surface area contributed by atoms with Gasteiger partial charge in [0.1, 0.15) is 5.75 Å². The molecule has 0 aliphatic heterocycles. The third-order valence-electron chi connectivity index (χ3n) is 2.51. The van der Waals surface area contributed by atoms with E-state index in [4.69, 9.17) is 0 Å². The number of hydrogen-bond donors (Lipinski definition) is 2. The van der Waals surface area contributed by atoms with E-state index in [0.717, 1.165) is 0 Å². The van der Waals surface area contributed by atoms with Crippen molar-refractivity contribution in [1.29, 1.82) is 0 Å². The summed E-state index contributed by atoms with van der Waals surface area (Å²) in [5.74, 6) is -0.377. The smallest absolute Gasteiger partial charge is 0.387 e. The van der Waals surface area contributed by atoms with Crippen LogP contribution in [0.5, 0.6) is 5.75 Å². The maximum absolute atomic E-state index is 12.3. The normalized spacial score (nSPS) is 10.5. The quantitative estimate of drug-likeness (QED) is 0.519. The standard InChI is InChI=1S/C14H14F2N4O2S2/c1-2-7-17-13-19-20-14(24-13)23-8-11(21)18-9-5-3-4-6-10(9)22-12(15)16/h2-6,12H,1,7-8H2,(H,17,19)(H,18,21).